The molecule has 3 rings (SSSR count). The molecule has 1 saturated heterocycles. The Labute approximate surface area is 165 Å². The van der Waals surface area contributed by atoms with E-state index in [1.54, 1.807) is 6.92 Å². The first-order valence-electron chi connectivity index (χ1n) is 9.23. The lowest BCUT2D eigenvalue weighted by atomic mass is 9.90. The van der Waals surface area contributed by atoms with Gasteiger partial charge in [0.05, 0.1) is 18.4 Å². The van der Waals surface area contributed by atoms with Crippen LogP contribution < -0.4 is 0 Å². The zero-order chi connectivity index (χ0) is 20.3. The molecular formula is C21H24FNO4S. The van der Waals surface area contributed by atoms with E-state index in [-0.39, 0.29) is 23.2 Å². The van der Waals surface area contributed by atoms with Crippen LogP contribution in [0.4, 0.5) is 4.39 Å². The summed E-state index contributed by atoms with van der Waals surface area (Å²) >= 11 is 0. The number of halogens is 1. The molecule has 2 aromatic carbocycles. The monoisotopic (exact) mass is 405 g/mol. The summed E-state index contributed by atoms with van der Waals surface area (Å²) < 4.78 is 45.8. The molecule has 0 aromatic heterocycles. The minimum Gasteiger partial charge on any atom is -0.469 e. The topological polar surface area (TPSA) is 63.7 Å². The summed E-state index contributed by atoms with van der Waals surface area (Å²) in [6.45, 7) is 2.41. The van der Waals surface area contributed by atoms with E-state index in [1.165, 1.54) is 29.6 Å². The summed E-state index contributed by atoms with van der Waals surface area (Å²) in [5.74, 6) is -0.714. The van der Waals surface area contributed by atoms with Crippen LogP contribution in [0, 0.1) is 12.7 Å². The Morgan fingerprint density at radius 2 is 2.04 bits per heavy atom. The van der Waals surface area contributed by atoms with E-state index in [2.05, 4.69) is 0 Å². The van der Waals surface area contributed by atoms with Crippen LogP contribution in [0.5, 0.6) is 0 Å². The van der Waals surface area contributed by atoms with Crippen molar-refractivity contribution in [3.63, 3.8) is 0 Å². The van der Waals surface area contributed by atoms with Gasteiger partial charge in [-0.1, -0.05) is 24.3 Å². The number of carbonyl (C=O) groups excluding carboxylic acids is 1. The highest BCUT2D eigenvalue weighted by molar-refractivity contribution is 7.89. The van der Waals surface area contributed by atoms with E-state index in [4.69, 9.17) is 4.74 Å². The van der Waals surface area contributed by atoms with Crippen molar-refractivity contribution in [2.75, 3.05) is 20.2 Å². The first kappa shape index (κ1) is 20.5. The van der Waals surface area contributed by atoms with Gasteiger partial charge in [0.2, 0.25) is 10.0 Å². The quantitative estimate of drug-likeness (QED) is 0.715. The second-order valence-corrected chi connectivity index (χ2v) is 9.02. The number of carbonyl (C=O) groups is 1. The summed E-state index contributed by atoms with van der Waals surface area (Å²) in [6, 6.07) is 11.4. The van der Waals surface area contributed by atoms with Gasteiger partial charge in [-0.3, -0.25) is 4.79 Å². The van der Waals surface area contributed by atoms with Crippen LogP contribution in [0.25, 0.3) is 0 Å². The van der Waals surface area contributed by atoms with Crippen molar-refractivity contribution < 1.29 is 22.3 Å². The fraction of sp³-hybridized carbons (Fsp3) is 0.381. The second-order valence-electron chi connectivity index (χ2n) is 7.11. The molecule has 0 radical (unpaired) electrons. The van der Waals surface area contributed by atoms with Gasteiger partial charge >= 0.3 is 5.97 Å². The van der Waals surface area contributed by atoms with Crippen LogP contribution in [0.3, 0.4) is 0 Å². The maximum Gasteiger partial charge on any atom is 0.309 e. The van der Waals surface area contributed by atoms with Crippen molar-refractivity contribution in [3.05, 3.63) is 65.0 Å². The predicted octanol–water partition coefficient (Wildman–Crippen LogP) is 3.42. The highest BCUT2D eigenvalue weighted by atomic mass is 32.2. The third kappa shape index (κ3) is 4.42. The van der Waals surface area contributed by atoms with Gasteiger partial charge < -0.3 is 4.74 Å². The van der Waals surface area contributed by atoms with E-state index in [1.807, 2.05) is 24.3 Å². The van der Waals surface area contributed by atoms with Gasteiger partial charge in [0, 0.05) is 13.1 Å². The van der Waals surface area contributed by atoms with Crippen molar-refractivity contribution in [2.24, 2.45) is 0 Å². The van der Waals surface area contributed by atoms with Crippen molar-refractivity contribution >= 4 is 16.0 Å². The fourth-order valence-electron chi connectivity index (χ4n) is 3.67. The molecule has 1 aliphatic heterocycles. The number of aryl methyl sites for hydroxylation is 1. The van der Waals surface area contributed by atoms with E-state index >= 15 is 0 Å². The highest BCUT2D eigenvalue weighted by Gasteiger charge is 2.32. The van der Waals surface area contributed by atoms with Gasteiger partial charge in [0.1, 0.15) is 5.82 Å². The Morgan fingerprint density at radius 1 is 1.25 bits per heavy atom. The molecule has 1 unspecified atom stereocenters. The van der Waals surface area contributed by atoms with E-state index in [0.29, 0.717) is 18.7 Å². The summed E-state index contributed by atoms with van der Waals surface area (Å²) in [5, 5.41) is 0. The number of ether oxygens (including phenoxy) is 1. The SMILES string of the molecule is COC(=O)Cc1cccc(C2CCCN(S(=O)(=O)c3ccc(F)cc3C)C2)c1. The Bertz CT molecular complexity index is 974. The Kier molecular flexibility index (Phi) is 6.15. The molecule has 1 fully saturated rings. The number of hydrogen-bond donors (Lipinski definition) is 0. The van der Waals surface area contributed by atoms with Gasteiger partial charge in [0.25, 0.3) is 0 Å². The highest BCUT2D eigenvalue weighted by Crippen LogP contribution is 2.31. The lowest BCUT2D eigenvalue weighted by molar-refractivity contribution is -0.139. The minimum absolute atomic E-state index is 0.0434. The van der Waals surface area contributed by atoms with Gasteiger partial charge in [-0.2, -0.15) is 4.31 Å². The zero-order valence-corrected chi connectivity index (χ0v) is 16.8. The normalized spacial score (nSPS) is 18.0. The largest absolute Gasteiger partial charge is 0.469 e. The molecule has 2 aromatic rings. The number of hydrogen-bond acceptors (Lipinski definition) is 4. The first-order valence-corrected chi connectivity index (χ1v) is 10.7. The van der Waals surface area contributed by atoms with Gasteiger partial charge in [-0.25, -0.2) is 12.8 Å². The zero-order valence-electron chi connectivity index (χ0n) is 16.0. The molecule has 1 aliphatic rings. The van der Waals surface area contributed by atoms with E-state index in [9.17, 15) is 17.6 Å². The average molecular weight is 405 g/mol. The fourth-order valence-corrected chi connectivity index (χ4v) is 5.40. The third-order valence-corrected chi connectivity index (χ3v) is 7.16. The lowest BCUT2D eigenvalue weighted by Crippen LogP contribution is -2.39. The van der Waals surface area contributed by atoms with Crippen LogP contribution in [0.1, 0.15) is 35.4 Å². The summed E-state index contributed by atoms with van der Waals surface area (Å²) in [7, 11) is -2.34. The van der Waals surface area contributed by atoms with E-state index in [0.717, 1.165) is 24.0 Å². The Morgan fingerprint density at radius 3 is 2.75 bits per heavy atom. The first-order chi connectivity index (χ1) is 13.3. The minimum atomic E-state index is -3.69. The van der Waals surface area contributed by atoms with Gasteiger partial charge in [-0.15, -0.1) is 0 Å². The summed E-state index contributed by atoms with van der Waals surface area (Å²) in [6.07, 6.45) is 1.80. The van der Waals surface area contributed by atoms with E-state index < -0.39 is 15.8 Å². The standard InChI is InChI=1S/C21H24FNO4S/c1-15-11-19(22)8-9-20(15)28(25,26)23-10-4-7-18(14-23)17-6-3-5-16(12-17)13-21(24)27-2/h3,5-6,8-9,11-12,18H,4,7,10,13-14H2,1-2H3. The molecule has 0 bridgehead atoms. The van der Waals surface area contributed by atoms with Crippen LogP contribution in [-0.2, 0) is 26.0 Å². The van der Waals surface area contributed by atoms with Crippen molar-refractivity contribution in [1.82, 2.24) is 4.31 Å². The molecule has 7 heteroatoms. The summed E-state index contributed by atoms with van der Waals surface area (Å²) in [5.41, 5.74) is 2.26. The number of rotatable bonds is 5. The molecule has 5 nitrogen and oxygen atoms in total. The third-order valence-electron chi connectivity index (χ3n) is 5.14. The molecule has 0 aliphatic carbocycles. The Hall–Kier alpha value is -2.25. The number of nitrogens with zero attached hydrogens (tertiary/aromatic N) is 1. The average Bonchev–Trinajstić information content (AvgIpc) is 2.68. The molecule has 1 atom stereocenters. The summed E-state index contributed by atoms with van der Waals surface area (Å²) in [4.78, 5) is 11.7. The van der Waals surface area contributed by atoms with Crippen LogP contribution in [0.15, 0.2) is 47.4 Å². The van der Waals surface area contributed by atoms with Crippen LogP contribution >= 0.6 is 0 Å². The Balaban J connectivity index is 1.82. The molecule has 0 saturated carbocycles. The number of piperidine rings is 1. The molecule has 150 valence electrons. The van der Waals surface area contributed by atoms with Crippen molar-refractivity contribution in [2.45, 2.75) is 37.0 Å². The molecule has 1 heterocycles. The second kappa shape index (κ2) is 8.41. The molecule has 0 amide bonds. The van der Waals surface area contributed by atoms with Crippen molar-refractivity contribution in [1.29, 1.82) is 0 Å². The predicted molar refractivity (Wildman–Crippen MR) is 104 cm³/mol. The number of esters is 1. The molecule has 0 spiro atoms. The lowest BCUT2D eigenvalue weighted by Gasteiger charge is -2.32. The number of methoxy groups -OCH3 is 1. The molecule has 28 heavy (non-hydrogen) atoms. The smallest absolute Gasteiger partial charge is 0.309 e. The van der Waals surface area contributed by atoms with Crippen LogP contribution in [-0.4, -0.2) is 38.9 Å². The van der Waals surface area contributed by atoms with Gasteiger partial charge in [-0.05, 0) is 60.6 Å². The van der Waals surface area contributed by atoms with Gasteiger partial charge in [0.15, 0.2) is 0 Å². The number of benzene rings is 2. The molecule has 0 N–H and O–H groups in total. The number of sulfonamides is 1. The maximum atomic E-state index is 13.4. The molecular weight excluding hydrogens is 381 g/mol. The van der Waals surface area contributed by atoms with Crippen LogP contribution in [0.2, 0.25) is 0 Å². The maximum absolute atomic E-state index is 13.4. The van der Waals surface area contributed by atoms with Crippen molar-refractivity contribution in [3.8, 4) is 0 Å².